The van der Waals surface area contributed by atoms with Gasteiger partial charge in [-0.15, -0.1) is 0 Å². The second-order valence-corrected chi connectivity index (χ2v) is 4.85. The van der Waals surface area contributed by atoms with Crippen molar-refractivity contribution in [2.45, 2.75) is 13.1 Å². The van der Waals surface area contributed by atoms with Crippen molar-refractivity contribution in [1.29, 1.82) is 0 Å². The van der Waals surface area contributed by atoms with Gasteiger partial charge in [-0.2, -0.15) is 0 Å². The van der Waals surface area contributed by atoms with E-state index in [1.807, 2.05) is 36.4 Å². The van der Waals surface area contributed by atoms with Crippen molar-refractivity contribution in [1.82, 2.24) is 5.32 Å². The summed E-state index contributed by atoms with van der Waals surface area (Å²) in [7, 11) is 0. The molecule has 0 heterocycles. The maximum absolute atomic E-state index is 5.93. The molecule has 0 saturated heterocycles. The van der Waals surface area contributed by atoms with Gasteiger partial charge in [0, 0.05) is 23.2 Å². The minimum Gasteiger partial charge on any atom is -0.398 e. The fraction of sp³-hybridized carbons (Fsp3) is 0.143. The average molecular weight is 291 g/mol. The SMILES string of the molecule is Nc1cc(Br)ccc1CNCc1ccccc1. The summed E-state index contributed by atoms with van der Waals surface area (Å²) >= 11 is 3.40. The van der Waals surface area contributed by atoms with E-state index in [4.69, 9.17) is 5.73 Å². The summed E-state index contributed by atoms with van der Waals surface area (Å²) in [4.78, 5) is 0. The first kappa shape index (κ1) is 12.1. The Hall–Kier alpha value is -1.32. The zero-order valence-electron chi connectivity index (χ0n) is 9.49. The van der Waals surface area contributed by atoms with Crippen LogP contribution in [0.25, 0.3) is 0 Å². The van der Waals surface area contributed by atoms with Gasteiger partial charge in [0.25, 0.3) is 0 Å². The van der Waals surface area contributed by atoms with E-state index in [0.717, 1.165) is 28.8 Å². The van der Waals surface area contributed by atoms with Crippen LogP contribution in [0.2, 0.25) is 0 Å². The summed E-state index contributed by atoms with van der Waals surface area (Å²) in [6.07, 6.45) is 0. The van der Waals surface area contributed by atoms with Crippen molar-refractivity contribution in [3.63, 3.8) is 0 Å². The van der Waals surface area contributed by atoms with Crippen LogP contribution in [0.5, 0.6) is 0 Å². The molecule has 0 fully saturated rings. The lowest BCUT2D eigenvalue weighted by Crippen LogP contribution is -2.13. The molecule has 0 spiro atoms. The third-order valence-corrected chi connectivity index (χ3v) is 3.09. The first-order valence-electron chi connectivity index (χ1n) is 5.54. The van der Waals surface area contributed by atoms with Crippen molar-refractivity contribution >= 4 is 21.6 Å². The Morgan fingerprint density at radius 1 is 1.00 bits per heavy atom. The molecule has 2 rings (SSSR count). The first-order chi connectivity index (χ1) is 8.25. The average Bonchev–Trinajstić information content (AvgIpc) is 2.33. The van der Waals surface area contributed by atoms with Gasteiger partial charge >= 0.3 is 0 Å². The second kappa shape index (κ2) is 5.84. The van der Waals surface area contributed by atoms with E-state index in [-0.39, 0.29) is 0 Å². The van der Waals surface area contributed by atoms with Crippen LogP contribution in [0.15, 0.2) is 53.0 Å². The molecule has 2 aromatic rings. The van der Waals surface area contributed by atoms with Crippen LogP contribution < -0.4 is 11.1 Å². The van der Waals surface area contributed by atoms with Crippen LogP contribution in [-0.4, -0.2) is 0 Å². The highest BCUT2D eigenvalue weighted by atomic mass is 79.9. The monoisotopic (exact) mass is 290 g/mol. The Kier molecular flexibility index (Phi) is 4.18. The van der Waals surface area contributed by atoms with Gasteiger partial charge in [-0.05, 0) is 23.3 Å². The largest absolute Gasteiger partial charge is 0.398 e. The van der Waals surface area contributed by atoms with Crippen molar-refractivity contribution in [3.8, 4) is 0 Å². The van der Waals surface area contributed by atoms with Gasteiger partial charge in [-0.3, -0.25) is 0 Å². The van der Waals surface area contributed by atoms with Crippen molar-refractivity contribution in [2.24, 2.45) is 0 Å². The highest BCUT2D eigenvalue weighted by Gasteiger charge is 1.99. The number of benzene rings is 2. The van der Waals surface area contributed by atoms with Crippen molar-refractivity contribution in [3.05, 3.63) is 64.1 Å². The van der Waals surface area contributed by atoms with E-state index >= 15 is 0 Å². The van der Waals surface area contributed by atoms with Crippen LogP contribution >= 0.6 is 15.9 Å². The van der Waals surface area contributed by atoms with E-state index in [1.54, 1.807) is 0 Å². The summed E-state index contributed by atoms with van der Waals surface area (Å²) in [5, 5.41) is 3.38. The van der Waals surface area contributed by atoms with Gasteiger partial charge in [-0.1, -0.05) is 52.3 Å². The van der Waals surface area contributed by atoms with Gasteiger partial charge in [0.1, 0.15) is 0 Å². The summed E-state index contributed by atoms with van der Waals surface area (Å²) in [6.45, 7) is 1.64. The normalized spacial score (nSPS) is 10.4. The number of nitrogens with two attached hydrogens (primary N) is 1. The standard InChI is InChI=1S/C14H15BrN2/c15-13-7-6-12(14(16)8-13)10-17-9-11-4-2-1-3-5-11/h1-8,17H,9-10,16H2. The lowest BCUT2D eigenvalue weighted by molar-refractivity contribution is 0.694. The molecule has 3 N–H and O–H groups in total. The summed E-state index contributed by atoms with van der Waals surface area (Å²) < 4.78 is 1.02. The number of nitrogens with one attached hydrogen (secondary N) is 1. The summed E-state index contributed by atoms with van der Waals surface area (Å²) in [5.41, 5.74) is 9.16. The van der Waals surface area contributed by atoms with E-state index in [0.29, 0.717) is 0 Å². The van der Waals surface area contributed by atoms with Crippen LogP contribution in [0, 0.1) is 0 Å². The molecule has 0 aromatic heterocycles. The molecule has 0 unspecified atom stereocenters. The molecule has 88 valence electrons. The Labute approximate surface area is 110 Å². The molecule has 0 aliphatic rings. The topological polar surface area (TPSA) is 38.0 Å². The Bertz CT molecular complexity index is 483. The third-order valence-electron chi connectivity index (χ3n) is 2.60. The molecule has 0 amide bonds. The third kappa shape index (κ3) is 3.58. The fourth-order valence-corrected chi connectivity index (χ4v) is 2.04. The van der Waals surface area contributed by atoms with Gasteiger partial charge in [0.2, 0.25) is 0 Å². The Morgan fingerprint density at radius 3 is 2.47 bits per heavy atom. The minimum atomic E-state index is 0.786. The molecule has 0 aliphatic heterocycles. The molecular weight excluding hydrogens is 276 g/mol. The van der Waals surface area contributed by atoms with Crippen LogP contribution in [0.1, 0.15) is 11.1 Å². The molecule has 0 radical (unpaired) electrons. The van der Waals surface area contributed by atoms with Crippen molar-refractivity contribution < 1.29 is 0 Å². The van der Waals surface area contributed by atoms with E-state index in [1.165, 1.54) is 5.56 Å². The lowest BCUT2D eigenvalue weighted by Gasteiger charge is -2.08. The molecule has 0 aliphatic carbocycles. The number of rotatable bonds is 4. The molecule has 17 heavy (non-hydrogen) atoms. The molecule has 2 aromatic carbocycles. The zero-order chi connectivity index (χ0) is 12.1. The van der Waals surface area contributed by atoms with E-state index < -0.39 is 0 Å². The predicted molar refractivity (Wildman–Crippen MR) is 75.5 cm³/mol. The fourth-order valence-electron chi connectivity index (χ4n) is 1.66. The number of hydrogen-bond acceptors (Lipinski definition) is 2. The summed E-state index contributed by atoms with van der Waals surface area (Å²) in [5.74, 6) is 0. The van der Waals surface area contributed by atoms with E-state index in [9.17, 15) is 0 Å². The number of anilines is 1. The van der Waals surface area contributed by atoms with Crippen molar-refractivity contribution in [2.75, 3.05) is 5.73 Å². The number of nitrogen functional groups attached to an aromatic ring is 1. The van der Waals surface area contributed by atoms with Crippen LogP contribution in [0.3, 0.4) is 0 Å². The van der Waals surface area contributed by atoms with E-state index in [2.05, 4.69) is 33.4 Å². The first-order valence-corrected chi connectivity index (χ1v) is 6.33. The second-order valence-electron chi connectivity index (χ2n) is 3.93. The van der Waals surface area contributed by atoms with Gasteiger partial charge in [0.05, 0.1) is 0 Å². The summed E-state index contributed by atoms with van der Waals surface area (Å²) in [6, 6.07) is 16.3. The van der Waals surface area contributed by atoms with Gasteiger partial charge in [0.15, 0.2) is 0 Å². The molecule has 0 bridgehead atoms. The van der Waals surface area contributed by atoms with Crippen LogP contribution in [0.4, 0.5) is 5.69 Å². The maximum atomic E-state index is 5.93. The van der Waals surface area contributed by atoms with Gasteiger partial charge in [-0.25, -0.2) is 0 Å². The molecule has 0 saturated carbocycles. The predicted octanol–water partition coefficient (Wildman–Crippen LogP) is 3.32. The highest BCUT2D eigenvalue weighted by molar-refractivity contribution is 9.10. The molecule has 2 nitrogen and oxygen atoms in total. The smallest absolute Gasteiger partial charge is 0.0370 e. The quantitative estimate of drug-likeness (QED) is 0.848. The number of halogens is 1. The van der Waals surface area contributed by atoms with Gasteiger partial charge < -0.3 is 11.1 Å². The minimum absolute atomic E-state index is 0.786. The number of hydrogen-bond donors (Lipinski definition) is 2. The maximum Gasteiger partial charge on any atom is 0.0370 e. The Balaban J connectivity index is 1.90. The van der Waals surface area contributed by atoms with Crippen LogP contribution in [-0.2, 0) is 13.1 Å². The highest BCUT2D eigenvalue weighted by Crippen LogP contribution is 2.18. The molecular formula is C14H15BrN2. The Morgan fingerprint density at radius 2 is 1.76 bits per heavy atom. The molecule has 3 heteroatoms. The molecule has 0 atom stereocenters. The lowest BCUT2D eigenvalue weighted by atomic mass is 10.1. The zero-order valence-corrected chi connectivity index (χ0v) is 11.1.